The van der Waals surface area contributed by atoms with Crippen molar-refractivity contribution in [1.82, 2.24) is 5.32 Å². The molecule has 0 bridgehead atoms. The maximum atomic E-state index is 12.0. The van der Waals surface area contributed by atoms with Gasteiger partial charge in [0.15, 0.2) is 0 Å². The molecule has 0 aliphatic carbocycles. The number of carbonyl (C=O) groups is 1. The summed E-state index contributed by atoms with van der Waals surface area (Å²) >= 11 is 0. The van der Waals surface area contributed by atoms with Crippen LogP contribution in [0.1, 0.15) is 50.5 Å². The first-order chi connectivity index (χ1) is 9.66. The van der Waals surface area contributed by atoms with Crippen molar-refractivity contribution >= 4 is 18.5 Å². The van der Waals surface area contributed by atoms with E-state index < -0.39 is 7.12 Å². The number of carbonyl (C=O) groups excluding carboxylic acids is 1. The molecule has 1 aliphatic rings. The average Bonchev–Trinajstić information content (AvgIpc) is 2.58. The highest BCUT2D eigenvalue weighted by atomic mass is 16.7. The monoisotopic (exact) mass is 289 g/mol. The molecule has 2 rings (SSSR count). The van der Waals surface area contributed by atoms with E-state index in [1.54, 1.807) is 0 Å². The maximum Gasteiger partial charge on any atom is 0.494 e. The molecule has 21 heavy (non-hydrogen) atoms. The summed E-state index contributed by atoms with van der Waals surface area (Å²) < 4.78 is 12.1. The molecule has 0 aromatic heterocycles. The molecule has 4 nitrogen and oxygen atoms in total. The van der Waals surface area contributed by atoms with Gasteiger partial charge in [-0.3, -0.25) is 4.79 Å². The van der Waals surface area contributed by atoms with Gasteiger partial charge in [-0.05, 0) is 59.1 Å². The minimum Gasteiger partial charge on any atom is -0.399 e. The number of benzene rings is 1. The van der Waals surface area contributed by atoms with Gasteiger partial charge in [-0.15, -0.1) is 0 Å². The first-order valence-electron chi connectivity index (χ1n) is 7.42. The van der Waals surface area contributed by atoms with Gasteiger partial charge < -0.3 is 14.6 Å². The number of nitrogens with one attached hydrogen (secondary N) is 1. The molecular weight excluding hydrogens is 265 g/mol. The van der Waals surface area contributed by atoms with Crippen LogP contribution in [-0.2, 0) is 9.31 Å². The molecule has 1 aromatic carbocycles. The van der Waals surface area contributed by atoms with Crippen LogP contribution in [0.3, 0.4) is 0 Å². The van der Waals surface area contributed by atoms with E-state index in [1.165, 1.54) is 0 Å². The molecule has 0 saturated carbocycles. The van der Waals surface area contributed by atoms with E-state index in [0.717, 1.165) is 11.0 Å². The van der Waals surface area contributed by atoms with Gasteiger partial charge in [0.2, 0.25) is 0 Å². The zero-order chi connectivity index (χ0) is 15.8. The van der Waals surface area contributed by atoms with Crippen molar-refractivity contribution in [3.05, 3.63) is 29.3 Å². The summed E-state index contributed by atoms with van der Waals surface area (Å²) in [6.07, 6.45) is 0. The fourth-order valence-electron chi connectivity index (χ4n) is 2.32. The largest absolute Gasteiger partial charge is 0.494 e. The van der Waals surface area contributed by atoms with Crippen molar-refractivity contribution in [2.45, 2.75) is 52.7 Å². The van der Waals surface area contributed by atoms with Crippen LogP contribution in [0.15, 0.2) is 18.2 Å². The standard InChI is InChI=1S/C16H24BNO3/c1-7-18-14(19)12-8-11(2)9-13(10-12)17-20-15(3,4)16(5,6)21-17/h8-10H,7H2,1-6H3,(H,18,19). The van der Waals surface area contributed by atoms with Crippen molar-refractivity contribution in [1.29, 1.82) is 0 Å². The van der Waals surface area contributed by atoms with Gasteiger partial charge in [-0.2, -0.15) is 0 Å². The second-order valence-electron chi connectivity index (χ2n) is 6.58. The SMILES string of the molecule is CCNC(=O)c1cc(C)cc(B2OC(C)(C)C(C)(C)O2)c1. The lowest BCUT2D eigenvalue weighted by molar-refractivity contribution is 0.00578. The Hall–Kier alpha value is -1.33. The Morgan fingerprint density at radius 3 is 2.24 bits per heavy atom. The summed E-state index contributed by atoms with van der Waals surface area (Å²) in [6, 6.07) is 5.73. The molecule has 114 valence electrons. The van der Waals surface area contributed by atoms with E-state index in [0.29, 0.717) is 12.1 Å². The lowest BCUT2D eigenvalue weighted by atomic mass is 9.77. The molecule has 1 heterocycles. The summed E-state index contributed by atoms with van der Waals surface area (Å²) in [5.74, 6) is -0.0704. The Bertz CT molecular complexity index is 538. The van der Waals surface area contributed by atoms with Crippen molar-refractivity contribution < 1.29 is 14.1 Å². The van der Waals surface area contributed by atoms with Crippen LogP contribution in [0.5, 0.6) is 0 Å². The van der Waals surface area contributed by atoms with Gasteiger partial charge in [0.1, 0.15) is 0 Å². The second kappa shape index (κ2) is 5.46. The van der Waals surface area contributed by atoms with Gasteiger partial charge in [0.25, 0.3) is 5.91 Å². The second-order valence-corrected chi connectivity index (χ2v) is 6.58. The average molecular weight is 289 g/mol. The van der Waals surface area contributed by atoms with Crippen molar-refractivity contribution in [2.24, 2.45) is 0 Å². The van der Waals surface area contributed by atoms with E-state index in [2.05, 4.69) is 5.32 Å². The highest BCUT2D eigenvalue weighted by molar-refractivity contribution is 6.62. The van der Waals surface area contributed by atoms with Crippen LogP contribution in [-0.4, -0.2) is 30.8 Å². The van der Waals surface area contributed by atoms with E-state index in [-0.39, 0.29) is 17.1 Å². The van der Waals surface area contributed by atoms with E-state index in [4.69, 9.17) is 9.31 Å². The van der Waals surface area contributed by atoms with Crippen LogP contribution >= 0.6 is 0 Å². The topological polar surface area (TPSA) is 47.6 Å². The quantitative estimate of drug-likeness (QED) is 0.866. The van der Waals surface area contributed by atoms with Crippen molar-refractivity contribution in [3.8, 4) is 0 Å². The number of hydrogen-bond donors (Lipinski definition) is 1. The predicted molar refractivity (Wildman–Crippen MR) is 84.9 cm³/mol. The van der Waals surface area contributed by atoms with Crippen LogP contribution < -0.4 is 10.8 Å². The number of hydrogen-bond acceptors (Lipinski definition) is 3. The minimum absolute atomic E-state index is 0.0704. The molecule has 1 aromatic rings. The first-order valence-corrected chi connectivity index (χ1v) is 7.42. The summed E-state index contributed by atoms with van der Waals surface area (Å²) in [5.41, 5.74) is 1.78. The van der Waals surface area contributed by atoms with Crippen LogP contribution in [0.25, 0.3) is 0 Å². The Balaban J connectivity index is 2.32. The fourth-order valence-corrected chi connectivity index (χ4v) is 2.32. The molecule has 1 saturated heterocycles. The van der Waals surface area contributed by atoms with Gasteiger partial charge in [-0.1, -0.05) is 11.6 Å². The Morgan fingerprint density at radius 1 is 1.14 bits per heavy atom. The van der Waals surface area contributed by atoms with Crippen molar-refractivity contribution in [2.75, 3.05) is 6.54 Å². The number of rotatable bonds is 3. The Kier molecular flexibility index (Phi) is 4.18. The summed E-state index contributed by atoms with van der Waals surface area (Å²) in [5, 5.41) is 2.82. The molecule has 5 heteroatoms. The highest BCUT2D eigenvalue weighted by Crippen LogP contribution is 2.36. The van der Waals surface area contributed by atoms with Gasteiger partial charge in [-0.25, -0.2) is 0 Å². The molecule has 0 unspecified atom stereocenters. The third-order valence-electron chi connectivity index (χ3n) is 4.22. The van der Waals surface area contributed by atoms with Crippen molar-refractivity contribution in [3.63, 3.8) is 0 Å². The lowest BCUT2D eigenvalue weighted by Crippen LogP contribution is -2.41. The third-order valence-corrected chi connectivity index (χ3v) is 4.22. The molecule has 0 spiro atoms. The highest BCUT2D eigenvalue weighted by Gasteiger charge is 2.51. The van der Waals surface area contributed by atoms with Gasteiger partial charge in [0.05, 0.1) is 11.2 Å². The third kappa shape index (κ3) is 3.14. The summed E-state index contributed by atoms with van der Waals surface area (Å²) in [4.78, 5) is 12.0. The van der Waals surface area contributed by atoms with Gasteiger partial charge in [0, 0.05) is 12.1 Å². The molecule has 1 N–H and O–H groups in total. The minimum atomic E-state index is -0.442. The first kappa shape index (κ1) is 16.1. The van der Waals surface area contributed by atoms with E-state index >= 15 is 0 Å². The van der Waals surface area contributed by atoms with Crippen LogP contribution in [0.2, 0.25) is 0 Å². The fraction of sp³-hybridized carbons (Fsp3) is 0.562. The molecule has 0 radical (unpaired) electrons. The number of amides is 1. The summed E-state index contributed by atoms with van der Waals surface area (Å²) in [6.45, 7) is 12.6. The Morgan fingerprint density at radius 2 is 1.71 bits per heavy atom. The van der Waals surface area contributed by atoms with E-state index in [1.807, 2.05) is 59.7 Å². The molecular formula is C16H24BNO3. The Labute approximate surface area is 127 Å². The van der Waals surface area contributed by atoms with Crippen LogP contribution in [0, 0.1) is 6.92 Å². The van der Waals surface area contributed by atoms with Crippen LogP contribution in [0.4, 0.5) is 0 Å². The zero-order valence-electron chi connectivity index (χ0n) is 13.7. The summed E-state index contributed by atoms with van der Waals surface area (Å²) in [7, 11) is -0.442. The predicted octanol–water partition coefficient (Wildman–Crippen LogP) is 2.04. The smallest absolute Gasteiger partial charge is 0.399 e. The molecule has 1 aliphatic heterocycles. The molecule has 0 atom stereocenters. The lowest BCUT2D eigenvalue weighted by Gasteiger charge is -2.32. The van der Waals surface area contributed by atoms with Gasteiger partial charge >= 0.3 is 7.12 Å². The molecule has 1 amide bonds. The molecule has 1 fully saturated rings. The zero-order valence-corrected chi connectivity index (χ0v) is 13.7. The van der Waals surface area contributed by atoms with E-state index in [9.17, 15) is 4.79 Å². The normalized spacial score (nSPS) is 19.6. The maximum absolute atomic E-state index is 12.0. The number of aryl methyl sites for hydroxylation is 1.